The predicted molar refractivity (Wildman–Crippen MR) is 146 cm³/mol. The van der Waals surface area contributed by atoms with Crippen LogP contribution >= 0.6 is 0 Å². The zero-order valence-electron chi connectivity index (χ0n) is 22.7. The Hall–Kier alpha value is -2.62. The predicted octanol–water partition coefficient (Wildman–Crippen LogP) is 5.00. The number of benzene rings is 3. The van der Waals surface area contributed by atoms with Gasteiger partial charge < -0.3 is 33.5 Å². The van der Waals surface area contributed by atoms with Crippen LogP contribution in [0.2, 0.25) is 0 Å². The van der Waals surface area contributed by atoms with Crippen LogP contribution < -0.4 is 0 Å². The molecular weight excluding hydrogens is 496 g/mol. The second-order valence-electron chi connectivity index (χ2n) is 10.6. The van der Waals surface area contributed by atoms with Crippen LogP contribution in [-0.4, -0.2) is 54.3 Å². The fourth-order valence-electron chi connectivity index (χ4n) is 5.49. The number of aliphatic hydroxyl groups excluding tert-OH is 1. The minimum atomic E-state index is -1.11. The van der Waals surface area contributed by atoms with Gasteiger partial charge in [0.2, 0.25) is 0 Å². The number of aliphatic hydroxyl groups is 1. The number of rotatable bonds is 13. The Kier molecular flexibility index (Phi) is 8.79. The van der Waals surface area contributed by atoms with Gasteiger partial charge in [0, 0.05) is 13.0 Å². The quantitative estimate of drug-likeness (QED) is 0.331. The zero-order chi connectivity index (χ0) is 27.2. The normalized spacial score (nSPS) is 25.0. The lowest BCUT2D eigenvalue weighted by Crippen LogP contribution is -2.63. The Morgan fingerprint density at radius 3 is 1.64 bits per heavy atom. The smallest absolute Gasteiger partial charge is 0.191 e. The molecule has 0 amide bonds. The number of hydrogen-bond donors (Lipinski definition) is 1. The highest BCUT2D eigenvalue weighted by Gasteiger charge is 2.71. The van der Waals surface area contributed by atoms with E-state index in [1.165, 1.54) is 0 Å². The summed E-state index contributed by atoms with van der Waals surface area (Å²) >= 11 is 0. The first-order valence-electron chi connectivity index (χ1n) is 13.5. The second-order valence-corrected chi connectivity index (χ2v) is 10.6. The molecule has 3 aromatic rings. The molecule has 2 fully saturated rings. The van der Waals surface area contributed by atoms with Crippen LogP contribution in [0.3, 0.4) is 0 Å². The van der Waals surface area contributed by atoms with Crippen LogP contribution in [0.25, 0.3) is 0 Å². The van der Waals surface area contributed by atoms with Gasteiger partial charge >= 0.3 is 0 Å². The van der Waals surface area contributed by atoms with Crippen molar-refractivity contribution in [3.05, 3.63) is 108 Å². The molecule has 2 saturated heterocycles. The Labute approximate surface area is 230 Å². The molecule has 2 aliphatic heterocycles. The summed E-state index contributed by atoms with van der Waals surface area (Å²) in [4.78, 5) is 0. The third-order valence-corrected chi connectivity index (χ3v) is 7.35. The van der Waals surface area contributed by atoms with Crippen molar-refractivity contribution < 1.29 is 33.5 Å². The summed E-state index contributed by atoms with van der Waals surface area (Å²) in [6.07, 6.45) is -1.05. The lowest BCUT2D eigenvalue weighted by molar-refractivity contribution is -0.293. The summed E-state index contributed by atoms with van der Waals surface area (Å²) in [5.74, 6) is -0.867. The summed E-state index contributed by atoms with van der Waals surface area (Å²) in [6.45, 7) is 4.98. The van der Waals surface area contributed by atoms with Crippen LogP contribution in [0.5, 0.6) is 0 Å². The van der Waals surface area contributed by atoms with Crippen LogP contribution in [0, 0.1) is 0 Å². The molecule has 0 aliphatic carbocycles. The molecule has 208 valence electrons. The van der Waals surface area contributed by atoms with Gasteiger partial charge in [-0.2, -0.15) is 0 Å². The van der Waals surface area contributed by atoms with E-state index in [0.717, 1.165) is 16.7 Å². The van der Waals surface area contributed by atoms with Crippen LogP contribution in [0.1, 0.15) is 37.0 Å². The highest BCUT2D eigenvalue weighted by molar-refractivity contribution is 5.19. The standard InChI is InChI=1S/C32H38O7/c1-30(2)37-28-29(38-30)39-31(23-34-20-25-12-6-3-7-13-25,24-35-21-26-14-8-4-9-15-26)32(28,18-19-33)36-22-27-16-10-5-11-17-27/h3-17,28-29,33H,18-24H2,1-2H3/t28-,29-,32-/m0/s1. The Bertz CT molecular complexity index is 1110. The fourth-order valence-corrected chi connectivity index (χ4v) is 5.49. The van der Waals surface area contributed by atoms with Gasteiger partial charge in [-0.25, -0.2) is 0 Å². The van der Waals surface area contributed by atoms with Crippen LogP contribution in [0.15, 0.2) is 91.0 Å². The Morgan fingerprint density at radius 2 is 1.15 bits per heavy atom. The lowest BCUT2D eigenvalue weighted by Gasteiger charge is -2.46. The molecule has 0 spiro atoms. The van der Waals surface area contributed by atoms with E-state index < -0.39 is 29.4 Å². The van der Waals surface area contributed by atoms with Crippen molar-refractivity contribution in [3.63, 3.8) is 0 Å². The van der Waals surface area contributed by atoms with Gasteiger partial charge in [0.15, 0.2) is 12.1 Å². The summed E-state index contributed by atoms with van der Waals surface area (Å²) < 4.78 is 38.7. The summed E-state index contributed by atoms with van der Waals surface area (Å²) in [7, 11) is 0. The van der Waals surface area contributed by atoms with Gasteiger partial charge in [-0.3, -0.25) is 0 Å². The maximum atomic E-state index is 10.4. The van der Waals surface area contributed by atoms with Crippen molar-refractivity contribution in [1.29, 1.82) is 0 Å². The van der Waals surface area contributed by atoms with Gasteiger partial charge in [0.05, 0.1) is 33.0 Å². The number of ether oxygens (including phenoxy) is 6. The molecule has 3 aromatic carbocycles. The average molecular weight is 535 g/mol. The summed E-state index contributed by atoms with van der Waals surface area (Å²) in [5, 5.41) is 10.4. The highest BCUT2D eigenvalue weighted by atomic mass is 16.9. The molecular formula is C32H38O7. The Balaban J connectivity index is 1.46. The molecule has 7 nitrogen and oxygen atoms in total. The maximum absolute atomic E-state index is 10.4. The first-order chi connectivity index (χ1) is 19.0. The first kappa shape index (κ1) is 27.9. The maximum Gasteiger partial charge on any atom is 0.191 e. The molecule has 2 aliphatic rings. The van der Waals surface area contributed by atoms with Crippen molar-refractivity contribution in [2.45, 2.75) is 69.5 Å². The zero-order valence-corrected chi connectivity index (χ0v) is 22.7. The second kappa shape index (κ2) is 12.3. The molecule has 1 N–H and O–H groups in total. The van der Waals surface area contributed by atoms with Gasteiger partial charge in [-0.05, 0) is 30.5 Å². The first-order valence-corrected chi connectivity index (χ1v) is 13.5. The molecule has 0 bridgehead atoms. The van der Waals surface area contributed by atoms with E-state index in [9.17, 15) is 5.11 Å². The van der Waals surface area contributed by atoms with E-state index in [4.69, 9.17) is 28.4 Å². The molecule has 5 rings (SSSR count). The van der Waals surface area contributed by atoms with Crippen molar-refractivity contribution in [3.8, 4) is 0 Å². The minimum absolute atomic E-state index is 0.135. The largest absolute Gasteiger partial charge is 0.396 e. The average Bonchev–Trinajstić information content (AvgIpc) is 3.37. The third kappa shape index (κ3) is 6.26. The molecule has 0 saturated carbocycles. The van der Waals surface area contributed by atoms with E-state index in [1.54, 1.807) is 0 Å². The van der Waals surface area contributed by atoms with Crippen molar-refractivity contribution in [1.82, 2.24) is 0 Å². The van der Waals surface area contributed by atoms with Gasteiger partial charge in [0.1, 0.15) is 17.3 Å². The third-order valence-electron chi connectivity index (χ3n) is 7.35. The summed E-state index contributed by atoms with van der Waals surface area (Å²) in [6, 6.07) is 29.9. The van der Waals surface area contributed by atoms with E-state index >= 15 is 0 Å². The topological polar surface area (TPSA) is 75.6 Å². The van der Waals surface area contributed by atoms with Gasteiger partial charge in [-0.1, -0.05) is 91.0 Å². The minimum Gasteiger partial charge on any atom is -0.396 e. The number of hydrogen-bond acceptors (Lipinski definition) is 7. The molecule has 7 heteroatoms. The van der Waals surface area contributed by atoms with Gasteiger partial charge in [0.25, 0.3) is 0 Å². The lowest BCUT2D eigenvalue weighted by atomic mass is 9.78. The monoisotopic (exact) mass is 534 g/mol. The molecule has 3 atom stereocenters. The van der Waals surface area contributed by atoms with E-state index in [1.807, 2.05) is 105 Å². The SMILES string of the molecule is CC1(C)O[C@H]2OC(COCc3ccccc3)(COCc3ccccc3)[C@@](CCO)(OCc3ccccc3)[C@H]2O1. The highest BCUT2D eigenvalue weighted by Crippen LogP contribution is 2.52. The fraction of sp³-hybridized carbons (Fsp3) is 0.438. The molecule has 39 heavy (non-hydrogen) atoms. The molecule has 0 unspecified atom stereocenters. The molecule has 2 heterocycles. The van der Waals surface area contributed by atoms with E-state index in [2.05, 4.69) is 0 Å². The molecule has 0 aromatic heterocycles. The van der Waals surface area contributed by atoms with E-state index in [-0.39, 0.29) is 26.2 Å². The van der Waals surface area contributed by atoms with Crippen molar-refractivity contribution in [2.75, 3.05) is 19.8 Å². The molecule has 0 radical (unpaired) electrons. The Morgan fingerprint density at radius 1 is 0.667 bits per heavy atom. The number of fused-ring (bicyclic) bond motifs is 1. The van der Waals surface area contributed by atoms with Crippen molar-refractivity contribution >= 4 is 0 Å². The van der Waals surface area contributed by atoms with Crippen LogP contribution in [-0.2, 0) is 48.2 Å². The van der Waals surface area contributed by atoms with Gasteiger partial charge in [-0.15, -0.1) is 0 Å². The van der Waals surface area contributed by atoms with E-state index in [0.29, 0.717) is 19.8 Å². The van der Waals surface area contributed by atoms with Crippen LogP contribution in [0.4, 0.5) is 0 Å². The van der Waals surface area contributed by atoms with Crippen molar-refractivity contribution in [2.24, 2.45) is 0 Å². The summed E-state index contributed by atoms with van der Waals surface area (Å²) in [5.41, 5.74) is 0.870.